The fourth-order valence-electron chi connectivity index (χ4n) is 3.58. The number of hydrogen-bond acceptors (Lipinski definition) is 5. The largest absolute Gasteiger partial charge is 0.467 e. The van der Waals surface area contributed by atoms with Gasteiger partial charge in [0.15, 0.2) is 0 Å². The lowest BCUT2D eigenvalue weighted by Gasteiger charge is -2.44. The number of methoxy groups -OCH3 is 1. The van der Waals surface area contributed by atoms with Gasteiger partial charge >= 0.3 is 5.97 Å². The van der Waals surface area contributed by atoms with E-state index in [1.54, 1.807) is 0 Å². The zero-order chi connectivity index (χ0) is 21.7. The molecule has 2 rings (SSSR count). The minimum absolute atomic E-state index is 0.0516. The van der Waals surface area contributed by atoms with Crippen molar-refractivity contribution in [2.45, 2.75) is 38.3 Å². The third-order valence-electron chi connectivity index (χ3n) is 4.95. The Balaban J connectivity index is 2.66. The van der Waals surface area contributed by atoms with Crippen LogP contribution in [0.15, 0.2) is 60.7 Å². The molecule has 0 aliphatic carbocycles. The van der Waals surface area contributed by atoms with Crippen molar-refractivity contribution in [3.63, 3.8) is 0 Å². The Hall–Kier alpha value is -1.96. The molecule has 29 heavy (non-hydrogen) atoms. The predicted octanol–water partition coefficient (Wildman–Crippen LogP) is 2.54. The zero-order valence-electron chi connectivity index (χ0n) is 17.7. The molecule has 0 radical (unpaired) electrons. The Morgan fingerprint density at radius 3 is 1.76 bits per heavy atom. The smallest absolute Gasteiger partial charge is 0.333 e. The first-order valence-corrected chi connectivity index (χ1v) is 13.5. The second-order valence-electron chi connectivity index (χ2n) is 8.21. The molecule has 0 saturated heterocycles. The number of sulfone groups is 1. The third kappa shape index (κ3) is 5.56. The summed E-state index contributed by atoms with van der Waals surface area (Å²) in [7, 11) is -4.94. The van der Waals surface area contributed by atoms with Crippen molar-refractivity contribution < 1.29 is 22.4 Å². The van der Waals surface area contributed by atoms with Crippen LogP contribution < -0.4 is 10.4 Å². The van der Waals surface area contributed by atoms with Crippen molar-refractivity contribution in [2.75, 3.05) is 19.1 Å². The summed E-state index contributed by atoms with van der Waals surface area (Å²) in [5, 5.41) is 1.71. The van der Waals surface area contributed by atoms with E-state index < -0.39 is 30.2 Å². The molecule has 0 amide bonds. The van der Waals surface area contributed by atoms with E-state index in [9.17, 15) is 13.2 Å². The van der Waals surface area contributed by atoms with Crippen LogP contribution in [0.1, 0.15) is 27.2 Å². The van der Waals surface area contributed by atoms with Gasteiger partial charge in [-0.05, 0) is 21.8 Å². The molecule has 0 aliphatic heterocycles. The molecule has 0 bridgehead atoms. The minimum Gasteiger partial charge on any atom is -0.467 e. The summed E-state index contributed by atoms with van der Waals surface area (Å²) < 4.78 is 35.2. The molecule has 0 fully saturated rings. The lowest BCUT2D eigenvalue weighted by molar-refractivity contribution is -0.149. The molecular weight excluding hydrogens is 404 g/mol. The van der Waals surface area contributed by atoms with Crippen LogP contribution in [0.4, 0.5) is 0 Å². The number of hydrogen-bond donors (Lipinski definition) is 0. The normalized spacial score (nSPS) is 13.7. The van der Waals surface area contributed by atoms with E-state index in [1.165, 1.54) is 7.11 Å². The van der Waals surface area contributed by atoms with Gasteiger partial charge in [-0.2, -0.15) is 0 Å². The molecule has 158 valence electrons. The van der Waals surface area contributed by atoms with Crippen LogP contribution in [-0.4, -0.2) is 47.9 Å². The van der Waals surface area contributed by atoms with Gasteiger partial charge in [-0.3, -0.25) is 0 Å². The molecule has 0 unspecified atom stereocenters. The third-order valence-corrected chi connectivity index (χ3v) is 11.0. The zero-order valence-corrected chi connectivity index (χ0v) is 19.5. The molecular formula is C22H30O5SSi. The Morgan fingerprint density at radius 1 is 0.966 bits per heavy atom. The molecule has 5 nitrogen and oxygen atoms in total. The Labute approximate surface area is 175 Å². The maximum Gasteiger partial charge on any atom is 0.333 e. The molecule has 0 aromatic heterocycles. The molecule has 1 atom stereocenters. The van der Waals surface area contributed by atoms with E-state index in [0.717, 1.165) is 16.6 Å². The molecule has 0 aliphatic rings. The van der Waals surface area contributed by atoms with Gasteiger partial charge in [-0.25, -0.2) is 13.2 Å². The first kappa shape index (κ1) is 23.3. The lowest BCUT2D eigenvalue weighted by atomic mass is 10.2. The van der Waals surface area contributed by atoms with Gasteiger partial charge in [-0.1, -0.05) is 81.4 Å². The summed E-state index contributed by atoms with van der Waals surface area (Å²) in [5.41, 5.74) is 0. The monoisotopic (exact) mass is 434 g/mol. The number of benzene rings is 2. The second kappa shape index (κ2) is 9.24. The lowest BCUT2D eigenvalue weighted by Crippen LogP contribution is -2.68. The van der Waals surface area contributed by atoms with Crippen molar-refractivity contribution in [1.82, 2.24) is 0 Å². The van der Waals surface area contributed by atoms with Crippen LogP contribution in [-0.2, 0) is 23.8 Å². The molecule has 7 heteroatoms. The van der Waals surface area contributed by atoms with Crippen LogP contribution >= 0.6 is 0 Å². The molecule has 2 aromatic carbocycles. The average molecular weight is 435 g/mol. The van der Waals surface area contributed by atoms with E-state index in [1.807, 2.05) is 60.7 Å². The Kier molecular flexibility index (Phi) is 7.43. The van der Waals surface area contributed by atoms with Gasteiger partial charge in [0.05, 0.1) is 12.9 Å². The van der Waals surface area contributed by atoms with E-state index >= 15 is 0 Å². The van der Waals surface area contributed by atoms with Gasteiger partial charge < -0.3 is 9.16 Å². The molecule has 0 spiro atoms. The SMILES string of the molecule is COC(=O)[C@H](CCS(C)(=O)=O)O[Si](c1ccccc1)(c1ccccc1)C(C)(C)C. The fraction of sp³-hybridized carbons (Fsp3) is 0.409. The maximum atomic E-state index is 12.6. The van der Waals surface area contributed by atoms with Crippen molar-refractivity contribution in [3.8, 4) is 0 Å². The van der Waals surface area contributed by atoms with Crippen LogP contribution in [0.3, 0.4) is 0 Å². The summed E-state index contributed by atoms with van der Waals surface area (Å²) in [6, 6.07) is 19.8. The van der Waals surface area contributed by atoms with Crippen LogP contribution in [0.5, 0.6) is 0 Å². The number of rotatable bonds is 8. The Morgan fingerprint density at radius 2 is 1.41 bits per heavy atom. The molecule has 2 aromatic rings. The molecule has 0 saturated carbocycles. The first-order valence-electron chi connectivity index (χ1n) is 9.55. The summed E-state index contributed by atoms with van der Waals surface area (Å²) in [6.07, 6.45) is 0.237. The van der Waals surface area contributed by atoms with Gasteiger partial charge in [0.25, 0.3) is 8.32 Å². The Bertz CT molecular complexity index is 866. The van der Waals surface area contributed by atoms with Gasteiger partial charge in [0, 0.05) is 6.26 Å². The van der Waals surface area contributed by atoms with Gasteiger partial charge in [0.2, 0.25) is 0 Å². The summed E-state index contributed by atoms with van der Waals surface area (Å²) in [6.45, 7) is 6.30. The van der Waals surface area contributed by atoms with Gasteiger partial charge in [0.1, 0.15) is 15.9 Å². The van der Waals surface area contributed by atoms with Crippen LogP contribution in [0.25, 0.3) is 0 Å². The summed E-state index contributed by atoms with van der Waals surface area (Å²) >= 11 is 0. The average Bonchev–Trinajstić information content (AvgIpc) is 2.67. The quantitative estimate of drug-likeness (QED) is 0.472. The minimum atomic E-state index is -3.25. The highest BCUT2D eigenvalue weighted by Crippen LogP contribution is 2.38. The van der Waals surface area contributed by atoms with Crippen molar-refractivity contribution in [3.05, 3.63) is 60.7 Å². The van der Waals surface area contributed by atoms with Crippen molar-refractivity contribution in [2.24, 2.45) is 0 Å². The van der Waals surface area contributed by atoms with Crippen LogP contribution in [0.2, 0.25) is 5.04 Å². The van der Waals surface area contributed by atoms with E-state index in [2.05, 4.69) is 20.8 Å². The summed E-state index contributed by atoms with van der Waals surface area (Å²) in [4.78, 5) is 12.6. The number of esters is 1. The fourth-order valence-corrected chi connectivity index (χ4v) is 8.88. The van der Waals surface area contributed by atoms with Crippen molar-refractivity contribution >= 4 is 34.5 Å². The number of ether oxygens (including phenoxy) is 1. The van der Waals surface area contributed by atoms with E-state index in [4.69, 9.17) is 9.16 Å². The summed E-state index contributed by atoms with van der Waals surface area (Å²) in [5.74, 6) is -0.702. The highest BCUT2D eigenvalue weighted by Gasteiger charge is 2.52. The number of carbonyl (C=O) groups is 1. The van der Waals surface area contributed by atoms with Crippen molar-refractivity contribution in [1.29, 1.82) is 0 Å². The van der Waals surface area contributed by atoms with Gasteiger partial charge in [-0.15, -0.1) is 0 Å². The second-order valence-corrected chi connectivity index (χ2v) is 14.7. The van der Waals surface area contributed by atoms with E-state index in [-0.39, 0.29) is 17.2 Å². The highest BCUT2D eigenvalue weighted by atomic mass is 32.2. The highest BCUT2D eigenvalue weighted by molar-refractivity contribution is 7.90. The molecule has 0 N–H and O–H groups in total. The predicted molar refractivity (Wildman–Crippen MR) is 119 cm³/mol. The first-order chi connectivity index (χ1) is 13.5. The maximum absolute atomic E-state index is 12.6. The number of carbonyl (C=O) groups excluding carboxylic acids is 1. The molecule has 0 heterocycles. The topological polar surface area (TPSA) is 69.7 Å². The van der Waals surface area contributed by atoms with E-state index in [0.29, 0.717) is 0 Å². The van der Waals surface area contributed by atoms with Crippen LogP contribution in [0, 0.1) is 0 Å². The standard InChI is InChI=1S/C22H30O5SSi/c1-22(2,3)29(18-12-8-6-9-13-18,19-14-10-7-11-15-19)27-20(21(23)26-4)16-17-28(5,24)25/h6-15,20H,16-17H2,1-5H3/t20-/m0/s1.